The highest BCUT2D eigenvalue weighted by molar-refractivity contribution is 5.99. The minimum atomic E-state index is -0.0514. The summed E-state index contributed by atoms with van der Waals surface area (Å²) < 4.78 is 16.5. The van der Waals surface area contributed by atoms with Gasteiger partial charge in [0.25, 0.3) is 5.91 Å². The average molecular weight is 370 g/mol. The number of methoxy groups -OCH3 is 2. The molecule has 0 saturated carbocycles. The highest BCUT2D eigenvalue weighted by Crippen LogP contribution is 2.29. The molecule has 0 N–H and O–H groups in total. The predicted octanol–water partition coefficient (Wildman–Crippen LogP) is 2.54. The van der Waals surface area contributed by atoms with Gasteiger partial charge in [-0.15, -0.1) is 0 Å². The van der Waals surface area contributed by atoms with Crippen LogP contribution in [-0.2, 0) is 0 Å². The molecule has 1 aliphatic heterocycles. The summed E-state index contributed by atoms with van der Waals surface area (Å²) in [5, 5.41) is 0. The lowest BCUT2D eigenvalue weighted by molar-refractivity contribution is 0.0614. The Morgan fingerprint density at radius 3 is 2.11 bits per heavy atom. The van der Waals surface area contributed by atoms with Crippen LogP contribution in [0.5, 0.6) is 17.2 Å². The van der Waals surface area contributed by atoms with Gasteiger partial charge >= 0.3 is 0 Å². The number of carbonyl (C=O) groups is 1. The van der Waals surface area contributed by atoms with Crippen molar-refractivity contribution in [3.63, 3.8) is 0 Å². The van der Waals surface area contributed by atoms with Gasteiger partial charge in [-0.3, -0.25) is 9.69 Å². The van der Waals surface area contributed by atoms with Gasteiger partial charge < -0.3 is 19.1 Å². The second-order valence-electron chi connectivity index (χ2n) is 6.33. The van der Waals surface area contributed by atoms with Gasteiger partial charge in [0.05, 0.1) is 14.2 Å². The van der Waals surface area contributed by atoms with Crippen molar-refractivity contribution in [2.75, 3.05) is 53.6 Å². The Labute approximate surface area is 160 Å². The summed E-state index contributed by atoms with van der Waals surface area (Å²) in [6.45, 7) is 4.46. The van der Waals surface area contributed by atoms with Crippen LogP contribution in [0.3, 0.4) is 0 Å². The molecule has 2 aromatic rings. The number of ether oxygens (including phenoxy) is 3. The van der Waals surface area contributed by atoms with Gasteiger partial charge in [0.15, 0.2) is 0 Å². The molecule has 0 unspecified atom stereocenters. The van der Waals surface area contributed by atoms with Crippen LogP contribution in [0.15, 0.2) is 48.5 Å². The zero-order valence-corrected chi connectivity index (χ0v) is 15.9. The van der Waals surface area contributed by atoms with Crippen LogP contribution in [0.1, 0.15) is 10.4 Å². The van der Waals surface area contributed by atoms with Gasteiger partial charge in [-0.25, -0.2) is 0 Å². The second kappa shape index (κ2) is 9.28. The van der Waals surface area contributed by atoms with Crippen molar-refractivity contribution < 1.29 is 19.0 Å². The first-order valence-corrected chi connectivity index (χ1v) is 9.13. The molecular formula is C21H26N2O4. The molecule has 0 aromatic heterocycles. The maximum Gasteiger partial charge on any atom is 0.261 e. The van der Waals surface area contributed by atoms with E-state index in [1.54, 1.807) is 26.4 Å². The molecule has 1 fully saturated rings. The maximum atomic E-state index is 13.0. The number of amides is 1. The lowest BCUT2D eigenvalue weighted by Gasteiger charge is -2.35. The zero-order valence-electron chi connectivity index (χ0n) is 15.9. The molecule has 0 spiro atoms. The van der Waals surface area contributed by atoms with Crippen LogP contribution in [0.25, 0.3) is 0 Å². The molecule has 2 aromatic carbocycles. The number of para-hydroxylation sites is 1. The van der Waals surface area contributed by atoms with Crippen LogP contribution in [0.2, 0.25) is 0 Å². The molecule has 0 radical (unpaired) electrons. The molecule has 0 atom stereocenters. The van der Waals surface area contributed by atoms with Gasteiger partial charge in [-0.1, -0.05) is 24.3 Å². The van der Waals surface area contributed by atoms with Crippen LogP contribution < -0.4 is 14.2 Å². The number of hydrogen-bond acceptors (Lipinski definition) is 5. The van der Waals surface area contributed by atoms with E-state index in [0.29, 0.717) is 36.8 Å². The van der Waals surface area contributed by atoms with E-state index >= 15 is 0 Å². The van der Waals surface area contributed by atoms with Crippen LogP contribution >= 0.6 is 0 Å². The summed E-state index contributed by atoms with van der Waals surface area (Å²) >= 11 is 0. The SMILES string of the molecule is COc1cccc(OC)c1C(=O)N1CCN(CCOc2ccccc2)CC1. The van der Waals surface area contributed by atoms with E-state index in [2.05, 4.69) is 4.90 Å². The Bertz CT molecular complexity index is 721. The molecular weight excluding hydrogens is 344 g/mol. The molecule has 1 saturated heterocycles. The summed E-state index contributed by atoms with van der Waals surface area (Å²) in [7, 11) is 3.13. The summed E-state index contributed by atoms with van der Waals surface area (Å²) in [6.07, 6.45) is 0. The van der Waals surface area contributed by atoms with E-state index in [9.17, 15) is 4.79 Å². The quantitative estimate of drug-likeness (QED) is 0.750. The Morgan fingerprint density at radius 2 is 1.52 bits per heavy atom. The van der Waals surface area contributed by atoms with Crippen molar-refractivity contribution in [3.05, 3.63) is 54.1 Å². The van der Waals surface area contributed by atoms with Crippen LogP contribution in [-0.4, -0.2) is 69.3 Å². The lowest BCUT2D eigenvalue weighted by atomic mass is 10.1. The Kier molecular flexibility index (Phi) is 6.54. The number of benzene rings is 2. The third-order valence-corrected chi connectivity index (χ3v) is 4.72. The number of carbonyl (C=O) groups excluding carboxylic acids is 1. The van der Waals surface area contributed by atoms with Crippen LogP contribution in [0.4, 0.5) is 0 Å². The molecule has 1 aliphatic rings. The van der Waals surface area contributed by atoms with Crippen molar-refractivity contribution in [1.82, 2.24) is 9.80 Å². The standard InChI is InChI=1S/C21H26N2O4/c1-25-18-9-6-10-19(26-2)20(18)21(24)23-13-11-22(12-14-23)15-16-27-17-7-4-3-5-8-17/h3-10H,11-16H2,1-2H3. The monoisotopic (exact) mass is 370 g/mol. The smallest absolute Gasteiger partial charge is 0.261 e. The molecule has 0 bridgehead atoms. The van der Waals surface area contributed by atoms with Gasteiger partial charge in [0, 0.05) is 32.7 Å². The Balaban J connectivity index is 1.52. The van der Waals surface area contributed by atoms with E-state index in [1.807, 2.05) is 41.3 Å². The maximum absolute atomic E-state index is 13.0. The molecule has 1 heterocycles. The second-order valence-corrected chi connectivity index (χ2v) is 6.33. The molecule has 144 valence electrons. The number of rotatable bonds is 7. The van der Waals surface area contributed by atoms with E-state index in [-0.39, 0.29) is 5.91 Å². The summed E-state index contributed by atoms with van der Waals surface area (Å²) in [4.78, 5) is 17.2. The molecule has 1 amide bonds. The molecule has 27 heavy (non-hydrogen) atoms. The first-order chi connectivity index (χ1) is 13.2. The van der Waals surface area contributed by atoms with Crippen molar-refractivity contribution in [2.24, 2.45) is 0 Å². The fourth-order valence-electron chi connectivity index (χ4n) is 3.20. The number of nitrogens with zero attached hydrogens (tertiary/aromatic N) is 2. The third kappa shape index (κ3) is 4.71. The van der Waals surface area contributed by atoms with Crippen molar-refractivity contribution in [2.45, 2.75) is 0 Å². The first kappa shape index (κ1) is 19.0. The number of hydrogen-bond donors (Lipinski definition) is 0. The summed E-state index contributed by atoms with van der Waals surface area (Å²) in [6, 6.07) is 15.2. The van der Waals surface area contributed by atoms with Crippen molar-refractivity contribution in [3.8, 4) is 17.2 Å². The van der Waals surface area contributed by atoms with E-state index in [4.69, 9.17) is 14.2 Å². The fraction of sp³-hybridized carbons (Fsp3) is 0.381. The molecule has 6 nitrogen and oxygen atoms in total. The molecule has 3 rings (SSSR count). The normalized spacial score (nSPS) is 14.7. The largest absolute Gasteiger partial charge is 0.496 e. The first-order valence-electron chi connectivity index (χ1n) is 9.13. The summed E-state index contributed by atoms with van der Waals surface area (Å²) in [5.74, 6) is 1.91. The van der Waals surface area contributed by atoms with Gasteiger partial charge in [0.2, 0.25) is 0 Å². The van der Waals surface area contributed by atoms with Crippen molar-refractivity contribution >= 4 is 5.91 Å². The summed E-state index contributed by atoms with van der Waals surface area (Å²) in [5.41, 5.74) is 0.489. The molecule has 0 aliphatic carbocycles. The van der Waals surface area contributed by atoms with E-state index < -0.39 is 0 Å². The van der Waals surface area contributed by atoms with Crippen LogP contribution in [0, 0.1) is 0 Å². The predicted molar refractivity (Wildman–Crippen MR) is 104 cm³/mol. The minimum Gasteiger partial charge on any atom is -0.496 e. The van der Waals surface area contributed by atoms with Crippen molar-refractivity contribution in [1.29, 1.82) is 0 Å². The van der Waals surface area contributed by atoms with Gasteiger partial charge in [-0.05, 0) is 24.3 Å². The average Bonchev–Trinajstić information content (AvgIpc) is 2.74. The van der Waals surface area contributed by atoms with Gasteiger partial charge in [-0.2, -0.15) is 0 Å². The topological polar surface area (TPSA) is 51.2 Å². The third-order valence-electron chi connectivity index (χ3n) is 4.72. The molecule has 6 heteroatoms. The van der Waals surface area contributed by atoms with Gasteiger partial charge in [0.1, 0.15) is 29.4 Å². The Morgan fingerprint density at radius 1 is 0.889 bits per heavy atom. The zero-order chi connectivity index (χ0) is 19.1. The Hall–Kier alpha value is -2.73. The highest BCUT2D eigenvalue weighted by atomic mass is 16.5. The van der Waals surface area contributed by atoms with E-state index in [0.717, 1.165) is 25.4 Å². The minimum absolute atomic E-state index is 0.0514. The van der Waals surface area contributed by atoms with E-state index in [1.165, 1.54) is 0 Å². The highest BCUT2D eigenvalue weighted by Gasteiger charge is 2.26. The fourth-order valence-corrected chi connectivity index (χ4v) is 3.20. The lowest BCUT2D eigenvalue weighted by Crippen LogP contribution is -2.49. The number of piperazine rings is 1.